The highest BCUT2D eigenvalue weighted by atomic mass is 35.5. The fraction of sp³-hybridized carbons (Fsp3) is 0.240. The number of hydrogen-bond acceptors (Lipinski definition) is 4. The molecule has 3 aromatic rings. The van der Waals surface area contributed by atoms with Gasteiger partial charge in [-0.15, -0.1) is 11.6 Å². The third-order valence-electron chi connectivity index (χ3n) is 5.41. The Morgan fingerprint density at radius 1 is 1.03 bits per heavy atom. The lowest BCUT2D eigenvalue weighted by Crippen LogP contribution is -2.17. The van der Waals surface area contributed by atoms with Crippen LogP contribution in [0.25, 0.3) is 0 Å². The van der Waals surface area contributed by atoms with E-state index in [9.17, 15) is 18.3 Å². The summed E-state index contributed by atoms with van der Waals surface area (Å²) in [6.07, 6.45) is 1.47. The molecule has 0 spiro atoms. The van der Waals surface area contributed by atoms with Crippen molar-refractivity contribution in [2.45, 2.75) is 30.6 Å². The Morgan fingerprint density at radius 2 is 1.76 bits per heavy atom. The topological polar surface area (TPSA) is 95.5 Å². The Labute approximate surface area is 199 Å². The molecule has 1 atom stereocenters. The minimum atomic E-state index is -3.77. The van der Waals surface area contributed by atoms with Gasteiger partial charge in [0.2, 0.25) is 0 Å². The summed E-state index contributed by atoms with van der Waals surface area (Å²) in [5, 5.41) is 12.6. The first kappa shape index (κ1) is 24.6. The van der Waals surface area contributed by atoms with Crippen LogP contribution in [0.1, 0.15) is 40.7 Å². The van der Waals surface area contributed by atoms with E-state index in [1.807, 2.05) is 25.1 Å². The van der Waals surface area contributed by atoms with Gasteiger partial charge in [0.1, 0.15) is 0 Å². The lowest BCUT2D eigenvalue weighted by Gasteiger charge is -2.19. The summed E-state index contributed by atoms with van der Waals surface area (Å²) in [4.78, 5) is 11.6. The highest BCUT2D eigenvalue weighted by molar-refractivity contribution is 7.92. The first-order valence-corrected chi connectivity index (χ1v) is 12.7. The van der Waals surface area contributed by atoms with E-state index in [4.69, 9.17) is 11.6 Å². The summed E-state index contributed by atoms with van der Waals surface area (Å²) in [5.74, 6) is -0.743. The predicted octanol–water partition coefficient (Wildman–Crippen LogP) is 5.57. The highest BCUT2D eigenvalue weighted by Crippen LogP contribution is 2.26. The fourth-order valence-corrected chi connectivity index (χ4v) is 4.91. The van der Waals surface area contributed by atoms with E-state index >= 15 is 0 Å². The summed E-state index contributed by atoms with van der Waals surface area (Å²) < 4.78 is 28.6. The van der Waals surface area contributed by atoms with Gasteiger partial charge in [-0.2, -0.15) is 0 Å². The average molecular weight is 487 g/mol. The van der Waals surface area contributed by atoms with Gasteiger partial charge in [-0.1, -0.05) is 43.3 Å². The molecule has 0 aliphatic carbocycles. The van der Waals surface area contributed by atoms with Crippen molar-refractivity contribution in [1.29, 1.82) is 0 Å². The number of carboxylic acid groups (broad SMARTS) is 1. The molecule has 0 amide bonds. The molecule has 0 aliphatic rings. The van der Waals surface area contributed by atoms with Crippen molar-refractivity contribution >= 4 is 39.0 Å². The lowest BCUT2D eigenvalue weighted by molar-refractivity contribution is 0.0698. The normalized spacial score (nSPS) is 12.2. The van der Waals surface area contributed by atoms with Gasteiger partial charge in [0.15, 0.2) is 0 Å². The van der Waals surface area contributed by atoms with Crippen molar-refractivity contribution in [1.82, 2.24) is 0 Å². The zero-order chi connectivity index (χ0) is 23.8. The third-order valence-corrected chi connectivity index (χ3v) is 7.01. The maximum Gasteiger partial charge on any atom is 0.337 e. The summed E-state index contributed by atoms with van der Waals surface area (Å²) in [5.41, 5.74) is 3.12. The van der Waals surface area contributed by atoms with Crippen molar-refractivity contribution in [3.05, 3.63) is 89.5 Å². The number of nitrogens with one attached hydrogen (secondary N) is 2. The maximum absolute atomic E-state index is 13.0. The van der Waals surface area contributed by atoms with Gasteiger partial charge >= 0.3 is 5.97 Å². The molecule has 174 valence electrons. The van der Waals surface area contributed by atoms with Crippen LogP contribution in [0.15, 0.2) is 77.7 Å². The minimum Gasteiger partial charge on any atom is -0.478 e. The van der Waals surface area contributed by atoms with Gasteiger partial charge in [0.25, 0.3) is 10.0 Å². The molecule has 8 heteroatoms. The second-order valence-corrected chi connectivity index (χ2v) is 9.70. The zero-order valence-electron chi connectivity index (χ0n) is 18.3. The van der Waals surface area contributed by atoms with Crippen LogP contribution in [0.2, 0.25) is 0 Å². The van der Waals surface area contributed by atoms with Gasteiger partial charge in [-0.05, 0) is 60.4 Å². The highest BCUT2D eigenvalue weighted by Gasteiger charge is 2.19. The average Bonchev–Trinajstić information content (AvgIpc) is 2.82. The quantitative estimate of drug-likeness (QED) is 0.308. The van der Waals surface area contributed by atoms with Crippen LogP contribution < -0.4 is 10.0 Å². The molecular formula is C25H27ClN2O4S. The number of sulfonamides is 1. The molecule has 6 nitrogen and oxygen atoms in total. The number of carbonyl (C=O) groups is 1. The van der Waals surface area contributed by atoms with E-state index in [1.54, 1.807) is 48.5 Å². The minimum absolute atomic E-state index is 0.108. The largest absolute Gasteiger partial charge is 0.478 e. The molecule has 0 aromatic heterocycles. The number of carboxylic acids is 1. The number of benzene rings is 3. The van der Waals surface area contributed by atoms with Crippen LogP contribution in [0, 0.1) is 0 Å². The molecule has 0 saturated carbocycles. The molecule has 0 heterocycles. The van der Waals surface area contributed by atoms with Crippen molar-refractivity contribution in [2.24, 2.45) is 0 Å². The van der Waals surface area contributed by atoms with E-state index in [0.717, 1.165) is 17.5 Å². The fourth-order valence-electron chi connectivity index (χ4n) is 3.53. The monoisotopic (exact) mass is 486 g/mol. The molecule has 0 aliphatic heterocycles. The molecule has 1 unspecified atom stereocenters. The number of aryl methyl sites for hydroxylation is 1. The number of halogens is 1. The first-order chi connectivity index (χ1) is 15.8. The van der Waals surface area contributed by atoms with Crippen molar-refractivity contribution in [3.63, 3.8) is 0 Å². The SMILES string of the molecule is CCc1ccc(NS(=O)(=O)c2cccc(C(CCCl)CNc3ccccc3C(=O)O)c2)cc1. The van der Waals surface area contributed by atoms with Crippen molar-refractivity contribution < 1.29 is 18.3 Å². The summed E-state index contributed by atoms with van der Waals surface area (Å²) in [6.45, 7) is 2.45. The van der Waals surface area contributed by atoms with Gasteiger partial charge in [0.05, 0.1) is 10.5 Å². The second-order valence-electron chi connectivity index (χ2n) is 7.63. The van der Waals surface area contributed by atoms with Crippen molar-refractivity contribution in [3.8, 4) is 0 Å². The number of alkyl halides is 1. The summed E-state index contributed by atoms with van der Waals surface area (Å²) in [7, 11) is -3.77. The Balaban J connectivity index is 1.80. The summed E-state index contributed by atoms with van der Waals surface area (Å²) in [6, 6.07) is 20.7. The smallest absolute Gasteiger partial charge is 0.337 e. The molecule has 3 aromatic carbocycles. The predicted molar refractivity (Wildman–Crippen MR) is 133 cm³/mol. The van der Waals surface area contributed by atoms with Crippen molar-refractivity contribution in [2.75, 3.05) is 22.5 Å². The molecule has 0 saturated heterocycles. The molecule has 0 fully saturated rings. The van der Waals surface area contributed by atoms with Gasteiger partial charge in [0, 0.05) is 29.7 Å². The number of anilines is 2. The number of hydrogen-bond donors (Lipinski definition) is 3. The standard InChI is InChI=1S/C25H27ClN2O4S/c1-2-18-10-12-21(13-11-18)28-33(31,32)22-7-5-6-19(16-22)20(14-15-26)17-27-24-9-4-3-8-23(24)25(29)30/h3-13,16,20,27-28H,2,14-15,17H2,1H3,(H,29,30). The molecule has 0 radical (unpaired) electrons. The molecule has 0 bridgehead atoms. The van der Waals surface area contributed by atoms with Gasteiger partial charge < -0.3 is 10.4 Å². The van der Waals surface area contributed by atoms with E-state index in [0.29, 0.717) is 30.2 Å². The van der Waals surface area contributed by atoms with Gasteiger partial charge in [-0.25, -0.2) is 13.2 Å². The molecule has 3 N–H and O–H groups in total. The Kier molecular flexibility index (Phi) is 8.36. The Morgan fingerprint density at radius 3 is 2.42 bits per heavy atom. The van der Waals surface area contributed by atoms with Crippen LogP contribution in [0.3, 0.4) is 0 Å². The molecule has 33 heavy (non-hydrogen) atoms. The third kappa shape index (κ3) is 6.49. The van der Waals surface area contributed by atoms with Crippen LogP contribution in [-0.2, 0) is 16.4 Å². The number of rotatable bonds is 11. The van der Waals surface area contributed by atoms with Crippen LogP contribution in [0.5, 0.6) is 0 Å². The first-order valence-electron chi connectivity index (χ1n) is 10.7. The number of para-hydroxylation sites is 1. The van der Waals surface area contributed by atoms with Gasteiger partial charge in [-0.3, -0.25) is 4.72 Å². The lowest BCUT2D eigenvalue weighted by atomic mass is 9.96. The summed E-state index contributed by atoms with van der Waals surface area (Å²) >= 11 is 6.02. The second kappa shape index (κ2) is 11.2. The van der Waals surface area contributed by atoms with E-state index in [1.165, 1.54) is 6.07 Å². The molecular weight excluding hydrogens is 460 g/mol. The Bertz CT molecular complexity index is 1200. The Hall–Kier alpha value is -3.03. The van der Waals surface area contributed by atoms with Crippen LogP contribution in [0.4, 0.5) is 11.4 Å². The zero-order valence-corrected chi connectivity index (χ0v) is 19.9. The van der Waals surface area contributed by atoms with Crippen LogP contribution >= 0.6 is 11.6 Å². The number of aromatic carboxylic acids is 1. The maximum atomic E-state index is 13.0. The van der Waals surface area contributed by atoms with E-state index in [2.05, 4.69) is 10.0 Å². The van der Waals surface area contributed by atoms with E-state index < -0.39 is 16.0 Å². The van der Waals surface area contributed by atoms with E-state index in [-0.39, 0.29) is 16.4 Å². The van der Waals surface area contributed by atoms with Crippen LogP contribution in [-0.4, -0.2) is 31.9 Å². The molecule has 3 rings (SSSR count).